The molecule has 1 fully saturated rings. The van der Waals surface area contributed by atoms with Crippen LogP contribution in [0.25, 0.3) is 0 Å². The second-order valence-electron chi connectivity index (χ2n) is 6.65. The normalized spacial score (nSPS) is 16.0. The van der Waals surface area contributed by atoms with Crippen LogP contribution in [-0.2, 0) is 9.84 Å². The zero-order valence-corrected chi connectivity index (χ0v) is 15.8. The highest BCUT2D eigenvalue weighted by molar-refractivity contribution is 7.91. The van der Waals surface area contributed by atoms with Crippen molar-refractivity contribution in [3.8, 4) is 0 Å². The van der Waals surface area contributed by atoms with E-state index in [0.717, 1.165) is 37.6 Å². The Labute approximate surface area is 150 Å². The van der Waals surface area contributed by atoms with Crippen LogP contribution in [0.4, 0.5) is 11.4 Å². The smallest absolute Gasteiger partial charge is 0.208 e. The molecule has 0 spiro atoms. The van der Waals surface area contributed by atoms with E-state index in [1.54, 1.807) is 30.3 Å². The van der Waals surface area contributed by atoms with Crippen LogP contribution in [-0.4, -0.2) is 60.6 Å². The third-order valence-corrected chi connectivity index (χ3v) is 6.45. The standard InChI is InChI=1S/C19H25N3O2S/c1-20(2)18-15-16(22-13-11-21(3)12-14-22)9-10-19(18)25(23,24)17-7-5-4-6-8-17/h4-10,15H,11-14H2,1-3H3. The number of hydrogen-bond acceptors (Lipinski definition) is 5. The van der Waals surface area contributed by atoms with E-state index in [1.165, 1.54) is 0 Å². The summed E-state index contributed by atoms with van der Waals surface area (Å²) < 4.78 is 26.1. The zero-order chi connectivity index (χ0) is 18.0. The lowest BCUT2D eigenvalue weighted by Crippen LogP contribution is -2.44. The molecule has 25 heavy (non-hydrogen) atoms. The molecular weight excluding hydrogens is 334 g/mol. The minimum absolute atomic E-state index is 0.324. The minimum Gasteiger partial charge on any atom is -0.377 e. The van der Waals surface area contributed by atoms with Gasteiger partial charge in [0, 0.05) is 46.0 Å². The molecule has 0 unspecified atom stereocenters. The molecule has 1 heterocycles. The molecule has 3 rings (SSSR count). The summed E-state index contributed by atoms with van der Waals surface area (Å²) in [7, 11) is 2.35. The predicted octanol–water partition coefficient (Wildman–Crippen LogP) is 2.34. The van der Waals surface area contributed by atoms with Gasteiger partial charge in [0.1, 0.15) is 0 Å². The molecule has 0 saturated carbocycles. The molecule has 0 N–H and O–H groups in total. The van der Waals surface area contributed by atoms with Crippen LogP contribution in [0.15, 0.2) is 58.3 Å². The molecule has 0 radical (unpaired) electrons. The third-order valence-electron chi connectivity index (χ3n) is 4.64. The average Bonchev–Trinajstić information content (AvgIpc) is 2.62. The number of benzene rings is 2. The van der Waals surface area contributed by atoms with Crippen LogP contribution < -0.4 is 9.80 Å². The molecule has 134 valence electrons. The van der Waals surface area contributed by atoms with Crippen LogP contribution in [0.2, 0.25) is 0 Å². The average molecular weight is 359 g/mol. The fraction of sp³-hybridized carbons (Fsp3) is 0.368. The van der Waals surface area contributed by atoms with E-state index in [1.807, 2.05) is 37.2 Å². The van der Waals surface area contributed by atoms with Gasteiger partial charge in [-0.2, -0.15) is 0 Å². The topological polar surface area (TPSA) is 43.9 Å². The highest BCUT2D eigenvalue weighted by Gasteiger charge is 2.24. The Balaban J connectivity index is 2.01. The first kappa shape index (κ1) is 17.8. The Morgan fingerprint density at radius 2 is 1.56 bits per heavy atom. The largest absolute Gasteiger partial charge is 0.377 e. The first-order valence-corrected chi connectivity index (χ1v) is 9.93. The number of anilines is 2. The van der Waals surface area contributed by atoms with E-state index < -0.39 is 9.84 Å². The highest BCUT2D eigenvalue weighted by atomic mass is 32.2. The van der Waals surface area contributed by atoms with Crippen molar-refractivity contribution in [2.24, 2.45) is 0 Å². The van der Waals surface area contributed by atoms with E-state index in [2.05, 4.69) is 16.8 Å². The van der Waals surface area contributed by atoms with Gasteiger partial charge in [-0.3, -0.25) is 0 Å². The zero-order valence-electron chi connectivity index (χ0n) is 15.0. The maximum Gasteiger partial charge on any atom is 0.208 e. The van der Waals surface area contributed by atoms with Crippen molar-refractivity contribution in [2.45, 2.75) is 9.79 Å². The lowest BCUT2D eigenvalue weighted by Gasteiger charge is -2.34. The van der Waals surface area contributed by atoms with Crippen LogP contribution in [0, 0.1) is 0 Å². The fourth-order valence-corrected chi connectivity index (χ4v) is 4.60. The Kier molecular flexibility index (Phi) is 5.01. The van der Waals surface area contributed by atoms with E-state index in [0.29, 0.717) is 9.79 Å². The Hall–Kier alpha value is -2.05. The Morgan fingerprint density at radius 1 is 0.920 bits per heavy atom. The molecule has 0 amide bonds. The fourth-order valence-electron chi connectivity index (χ4n) is 3.07. The maximum absolute atomic E-state index is 13.0. The molecule has 1 saturated heterocycles. The molecule has 0 aromatic heterocycles. The monoisotopic (exact) mass is 359 g/mol. The summed E-state index contributed by atoms with van der Waals surface area (Å²) in [5.74, 6) is 0. The van der Waals surface area contributed by atoms with Crippen molar-refractivity contribution in [1.82, 2.24) is 4.90 Å². The van der Waals surface area contributed by atoms with Gasteiger partial charge in [-0.1, -0.05) is 18.2 Å². The first-order valence-electron chi connectivity index (χ1n) is 8.44. The van der Waals surface area contributed by atoms with Crippen molar-refractivity contribution < 1.29 is 8.42 Å². The van der Waals surface area contributed by atoms with Gasteiger partial charge in [0.2, 0.25) is 9.84 Å². The van der Waals surface area contributed by atoms with Gasteiger partial charge in [-0.15, -0.1) is 0 Å². The second kappa shape index (κ2) is 7.06. The number of nitrogens with zero attached hydrogens (tertiary/aromatic N) is 3. The summed E-state index contributed by atoms with van der Waals surface area (Å²) in [5, 5.41) is 0. The van der Waals surface area contributed by atoms with E-state index >= 15 is 0 Å². The van der Waals surface area contributed by atoms with Crippen LogP contribution in [0.5, 0.6) is 0 Å². The van der Waals surface area contributed by atoms with Gasteiger partial charge < -0.3 is 14.7 Å². The van der Waals surface area contributed by atoms with Crippen LogP contribution in [0.1, 0.15) is 0 Å². The molecular formula is C19H25N3O2S. The van der Waals surface area contributed by atoms with Gasteiger partial charge in [-0.05, 0) is 37.4 Å². The predicted molar refractivity (Wildman–Crippen MR) is 102 cm³/mol. The van der Waals surface area contributed by atoms with E-state index in [9.17, 15) is 8.42 Å². The van der Waals surface area contributed by atoms with Crippen LogP contribution >= 0.6 is 0 Å². The van der Waals surface area contributed by atoms with Gasteiger partial charge in [0.05, 0.1) is 15.5 Å². The summed E-state index contributed by atoms with van der Waals surface area (Å²) >= 11 is 0. The van der Waals surface area contributed by atoms with Gasteiger partial charge in [0.15, 0.2) is 0 Å². The second-order valence-corrected chi connectivity index (χ2v) is 8.57. The molecule has 1 aliphatic rings. The van der Waals surface area contributed by atoms with Gasteiger partial charge >= 0.3 is 0 Å². The lowest BCUT2D eigenvalue weighted by molar-refractivity contribution is 0.313. The first-order chi connectivity index (χ1) is 11.9. The summed E-state index contributed by atoms with van der Waals surface area (Å²) in [6.07, 6.45) is 0. The van der Waals surface area contributed by atoms with E-state index in [4.69, 9.17) is 0 Å². The lowest BCUT2D eigenvalue weighted by atomic mass is 10.2. The number of piperazine rings is 1. The minimum atomic E-state index is -3.54. The summed E-state index contributed by atoms with van der Waals surface area (Å²) in [4.78, 5) is 7.16. The van der Waals surface area contributed by atoms with Gasteiger partial charge in [0.25, 0.3) is 0 Å². The summed E-state index contributed by atoms with van der Waals surface area (Å²) in [5.41, 5.74) is 1.80. The molecule has 0 atom stereocenters. The van der Waals surface area contributed by atoms with Crippen LogP contribution in [0.3, 0.4) is 0 Å². The molecule has 0 bridgehead atoms. The SMILES string of the molecule is CN1CCN(c2ccc(S(=O)(=O)c3ccccc3)c(N(C)C)c2)CC1. The molecule has 2 aromatic rings. The molecule has 1 aliphatic heterocycles. The maximum atomic E-state index is 13.0. The Morgan fingerprint density at radius 3 is 2.16 bits per heavy atom. The van der Waals surface area contributed by atoms with Crippen molar-refractivity contribution in [3.63, 3.8) is 0 Å². The molecule has 2 aromatic carbocycles. The van der Waals surface area contributed by atoms with Crippen molar-refractivity contribution in [1.29, 1.82) is 0 Å². The molecule has 6 heteroatoms. The van der Waals surface area contributed by atoms with E-state index in [-0.39, 0.29) is 0 Å². The number of likely N-dealkylation sites (N-methyl/N-ethyl adjacent to an activating group) is 1. The van der Waals surface area contributed by atoms with Gasteiger partial charge in [-0.25, -0.2) is 8.42 Å². The van der Waals surface area contributed by atoms with Crippen molar-refractivity contribution in [2.75, 3.05) is 57.1 Å². The molecule has 5 nitrogen and oxygen atoms in total. The summed E-state index contributed by atoms with van der Waals surface area (Å²) in [6.45, 7) is 3.94. The van der Waals surface area contributed by atoms with Crippen molar-refractivity contribution in [3.05, 3.63) is 48.5 Å². The number of rotatable bonds is 4. The highest BCUT2D eigenvalue weighted by Crippen LogP contribution is 2.33. The Bertz CT molecular complexity index is 827. The van der Waals surface area contributed by atoms with Crippen molar-refractivity contribution >= 4 is 21.2 Å². The third kappa shape index (κ3) is 3.65. The number of hydrogen-bond donors (Lipinski definition) is 0. The quantitative estimate of drug-likeness (QED) is 0.838. The summed E-state index contributed by atoms with van der Waals surface area (Å²) in [6, 6.07) is 14.3. The molecule has 0 aliphatic carbocycles. The number of sulfone groups is 1.